The second-order valence-corrected chi connectivity index (χ2v) is 6.24. The van der Waals surface area contributed by atoms with Gasteiger partial charge in [0.2, 0.25) is 0 Å². The highest BCUT2D eigenvalue weighted by Crippen LogP contribution is 2.45. The van der Waals surface area contributed by atoms with Gasteiger partial charge in [0, 0.05) is 0 Å². The summed E-state index contributed by atoms with van der Waals surface area (Å²) in [7, 11) is -10.2. The van der Waals surface area contributed by atoms with E-state index in [9.17, 15) is 19.3 Å². The Balaban J connectivity index is 2.95. The van der Waals surface area contributed by atoms with Gasteiger partial charge in [-0.1, -0.05) is 0 Å². The number of hydrogen-bond acceptors (Lipinski definition) is 8. The van der Waals surface area contributed by atoms with Gasteiger partial charge in [-0.25, -0.2) is 9.13 Å². The van der Waals surface area contributed by atoms with Crippen LogP contribution in [0, 0.1) is 0 Å². The topological polar surface area (TPSA) is 203 Å². The van der Waals surface area contributed by atoms with Crippen LogP contribution >= 0.6 is 15.6 Å². The van der Waals surface area contributed by atoms with E-state index in [1.165, 1.54) is 0 Å². The maximum atomic E-state index is 10.7. The molecule has 0 bridgehead atoms. The molecule has 5 atom stereocenters. The zero-order chi connectivity index (χ0) is 15.7. The predicted molar refractivity (Wildman–Crippen MR) is 57.8 cm³/mol. The Morgan fingerprint density at radius 1 is 0.950 bits per heavy atom. The number of phosphoric acid groups is 2. The molecule has 0 aromatic rings. The van der Waals surface area contributed by atoms with E-state index < -0.39 is 53.0 Å². The van der Waals surface area contributed by atoms with Gasteiger partial charge < -0.3 is 39.6 Å². The first-order chi connectivity index (χ1) is 8.94. The fraction of sp³-hybridized carbons (Fsp3) is 1.00. The van der Waals surface area contributed by atoms with Crippen molar-refractivity contribution < 1.29 is 57.8 Å². The number of aliphatic hydroxyl groups excluding tert-OH is 3. The van der Waals surface area contributed by atoms with Crippen LogP contribution in [0.5, 0.6) is 0 Å². The molecule has 0 aliphatic carbocycles. The van der Waals surface area contributed by atoms with Gasteiger partial charge in [0.1, 0.15) is 24.4 Å². The number of phosphoric ester groups is 2. The van der Waals surface area contributed by atoms with Crippen LogP contribution in [-0.2, 0) is 22.9 Å². The minimum absolute atomic E-state index is 0.887. The summed E-state index contributed by atoms with van der Waals surface area (Å²) in [6, 6.07) is 0. The molecule has 0 aromatic carbocycles. The quantitative estimate of drug-likeness (QED) is 0.250. The second-order valence-electron chi connectivity index (χ2n) is 3.86. The van der Waals surface area contributed by atoms with E-state index in [2.05, 4.69) is 13.8 Å². The van der Waals surface area contributed by atoms with E-state index in [0.717, 1.165) is 0 Å². The molecule has 20 heavy (non-hydrogen) atoms. The zero-order valence-electron chi connectivity index (χ0n) is 9.66. The third-order valence-electron chi connectivity index (χ3n) is 2.33. The predicted octanol–water partition coefficient (Wildman–Crippen LogP) is -2.99. The van der Waals surface area contributed by atoms with Crippen LogP contribution in [0.15, 0.2) is 0 Å². The molecule has 0 saturated carbocycles. The number of hydrogen-bond donors (Lipinski definition) is 7. The molecule has 1 aliphatic heterocycles. The fourth-order valence-corrected chi connectivity index (χ4v) is 2.74. The Hall–Kier alpha value is 0.0600. The monoisotopic (exact) mass is 340 g/mol. The second kappa shape index (κ2) is 6.44. The minimum Gasteiger partial charge on any atom is -0.394 e. The summed E-state index contributed by atoms with van der Waals surface area (Å²) in [5, 5.41) is 28.1. The highest BCUT2D eigenvalue weighted by molar-refractivity contribution is 7.46. The molecule has 120 valence electrons. The van der Waals surface area contributed by atoms with E-state index in [-0.39, 0.29) is 0 Å². The van der Waals surface area contributed by atoms with Crippen molar-refractivity contribution in [1.29, 1.82) is 0 Å². The Kier molecular flexibility index (Phi) is 5.83. The lowest BCUT2D eigenvalue weighted by Crippen LogP contribution is -2.59. The molecular formula is C6H14O12P2. The normalized spacial score (nSPS) is 36.0. The van der Waals surface area contributed by atoms with Crippen LogP contribution in [0.4, 0.5) is 0 Å². The lowest BCUT2D eigenvalue weighted by atomic mass is 9.99. The maximum Gasteiger partial charge on any atom is 0.470 e. The molecule has 1 heterocycles. The van der Waals surface area contributed by atoms with Crippen molar-refractivity contribution in [1.82, 2.24) is 0 Å². The van der Waals surface area contributed by atoms with Crippen molar-refractivity contribution in [2.75, 3.05) is 6.61 Å². The van der Waals surface area contributed by atoms with Crippen molar-refractivity contribution in [2.45, 2.75) is 30.7 Å². The first-order valence-corrected chi connectivity index (χ1v) is 8.11. The van der Waals surface area contributed by atoms with E-state index in [4.69, 9.17) is 24.7 Å². The molecule has 0 aromatic heterocycles. The van der Waals surface area contributed by atoms with Gasteiger partial charge in [0.25, 0.3) is 0 Å². The van der Waals surface area contributed by atoms with Crippen molar-refractivity contribution in [3.8, 4) is 0 Å². The van der Waals surface area contributed by atoms with Crippen molar-refractivity contribution in [3.63, 3.8) is 0 Å². The van der Waals surface area contributed by atoms with Gasteiger partial charge >= 0.3 is 15.6 Å². The Morgan fingerprint density at radius 3 is 1.80 bits per heavy atom. The molecule has 0 unspecified atom stereocenters. The first-order valence-electron chi connectivity index (χ1n) is 5.05. The molecule has 0 amide bonds. The first kappa shape index (κ1) is 18.1. The summed E-state index contributed by atoms with van der Waals surface area (Å²) < 4.78 is 34.3. The fourth-order valence-electron chi connectivity index (χ4n) is 1.62. The lowest BCUT2D eigenvalue weighted by Gasteiger charge is -2.41. The van der Waals surface area contributed by atoms with Crippen LogP contribution in [0.3, 0.4) is 0 Å². The highest BCUT2D eigenvalue weighted by Gasteiger charge is 2.50. The van der Waals surface area contributed by atoms with Crippen LogP contribution in [0.25, 0.3) is 0 Å². The standard InChI is InChI=1S/C6H14O12P2/c7-1-2-4(17-19(10,11)12)3(8)5(6(9)16-2)18-20(13,14)15/h2-9H,1H2,(H2,10,11,12)(H2,13,14,15)/t2-,3+,4-,5+,6+/m1/s1. The molecule has 0 spiro atoms. The summed E-state index contributed by atoms with van der Waals surface area (Å²) in [6.45, 7) is -0.887. The van der Waals surface area contributed by atoms with Gasteiger partial charge in [-0.2, -0.15) is 0 Å². The van der Waals surface area contributed by atoms with E-state index in [0.29, 0.717) is 0 Å². The Labute approximate surface area is 112 Å². The largest absolute Gasteiger partial charge is 0.470 e. The maximum absolute atomic E-state index is 10.7. The van der Waals surface area contributed by atoms with Crippen LogP contribution in [0.1, 0.15) is 0 Å². The average molecular weight is 340 g/mol. The molecule has 1 rings (SSSR count). The minimum atomic E-state index is -5.13. The van der Waals surface area contributed by atoms with Crippen molar-refractivity contribution in [3.05, 3.63) is 0 Å². The van der Waals surface area contributed by atoms with Gasteiger partial charge in [-0.15, -0.1) is 0 Å². The summed E-state index contributed by atoms with van der Waals surface area (Å²) in [4.78, 5) is 34.6. The number of ether oxygens (including phenoxy) is 1. The molecule has 12 nitrogen and oxygen atoms in total. The SMILES string of the molecule is O=P(O)(O)O[C@H]1[C@@H](O)[C@H](OP(=O)(O)O)[C@@H](CO)O[C@@H]1O. The average Bonchev–Trinajstić information content (AvgIpc) is 2.25. The smallest absolute Gasteiger partial charge is 0.394 e. The van der Waals surface area contributed by atoms with Crippen molar-refractivity contribution >= 4 is 15.6 Å². The lowest BCUT2D eigenvalue weighted by molar-refractivity contribution is -0.279. The number of rotatable bonds is 5. The molecular weight excluding hydrogens is 326 g/mol. The summed E-state index contributed by atoms with van der Waals surface area (Å²) in [6.07, 6.45) is -9.57. The molecule has 14 heteroatoms. The Bertz CT molecular complexity index is 414. The molecule has 0 radical (unpaired) electrons. The van der Waals surface area contributed by atoms with Gasteiger partial charge in [0.15, 0.2) is 6.29 Å². The third kappa shape index (κ3) is 5.11. The Morgan fingerprint density at radius 2 is 1.40 bits per heavy atom. The van der Waals surface area contributed by atoms with Gasteiger partial charge in [-0.3, -0.25) is 9.05 Å². The summed E-state index contributed by atoms with van der Waals surface area (Å²) in [5.74, 6) is 0. The summed E-state index contributed by atoms with van der Waals surface area (Å²) in [5.41, 5.74) is 0. The van der Waals surface area contributed by atoms with E-state index >= 15 is 0 Å². The van der Waals surface area contributed by atoms with E-state index in [1.54, 1.807) is 0 Å². The van der Waals surface area contributed by atoms with Crippen LogP contribution in [0.2, 0.25) is 0 Å². The van der Waals surface area contributed by atoms with E-state index in [1.807, 2.05) is 0 Å². The molecule has 1 aliphatic rings. The van der Waals surface area contributed by atoms with Crippen LogP contribution in [-0.4, -0.2) is 72.2 Å². The van der Waals surface area contributed by atoms with Crippen molar-refractivity contribution in [2.24, 2.45) is 0 Å². The van der Waals surface area contributed by atoms with Gasteiger partial charge in [0.05, 0.1) is 6.61 Å². The molecule has 7 N–H and O–H groups in total. The number of aliphatic hydroxyl groups is 3. The third-order valence-corrected chi connectivity index (χ3v) is 3.37. The molecule has 1 saturated heterocycles. The molecule has 1 fully saturated rings. The highest BCUT2D eigenvalue weighted by atomic mass is 31.2. The zero-order valence-corrected chi connectivity index (χ0v) is 11.4. The van der Waals surface area contributed by atoms with Crippen LogP contribution < -0.4 is 0 Å². The summed E-state index contributed by atoms with van der Waals surface area (Å²) >= 11 is 0. The van der Waals surface area contributed by atoms with Gasteiger partial charge in [-0.05, 0) is 0 Å².